The van der Waals surface area contributed by atoms with Crippen molar-refractivity contribution >= 4 is 22.9 Å². The first-order valence-electron chi connectivity index (χ1n) is 14.5. The largest absolute Gasteiger partial charge is 0.378 e. The molecule has 1 amide bonds. The molecule has 41 heavy (non-hydrogen) atoms. The number of hydrogen-bond acceptors (Lipinski definition) is 6. The van der Waals surface area contributed by atoms with Crippen LogP contribution in [-0.4, -0.2) is 72.7 Å². The van der Waals surface area contributed by atoms with Crippen LogP contribution < -0.4 is 15.1 Å². The predicted molar refractivity (Wildman–Crippen MR) is 159 cm³/mol. The van der Waals surface area contributed by atoms with Gasteiger partial charge in [-0.2, -0.15) is 0 Å². The van der Waals surface area contributed by atoms with E-state index in [1.807, 2.05) is 29.7 Å². The quantitative estimate of drug-likeness (QED) is 0.352. The number of anilines is 2. The minimum Gasteiger partial charge on any atom is -0.378 e. The molecule has 2 fully saturated rings. The van der Waals surface area contributed by atoms with Crippen molar-refractivity contribution in [2.24, 2.45) is 0 Å². The van der Waals surface area contributed by atoms with E-state index in [2.05, 4.69) is 56.4 Å². The number of piperazine rings is 1. The molecule has 2 saturated heterocycles. The molecular weight excluding hydrogens is 519 g/mol. The Hall–Kier alpha value is -3.95. The van der Waals surface area contributed by atoms with Crippen molar-refractivity contribution < 1.29 is 13.9 Å². The van der Waals surface area contributed by atoms with Gasteiger partial charge in [-0.15, -0.1) is 0 Å². The molecule has 0 saturated carbocycles. The second-order valence-corrected chi connectivity index (χ2v) is 10.7. The third kappa shape index (κ3) is 6.21. The number of aryl methyl sites for hydroxylation is 1. The standard InChI is InChI=1S/C32H37FN6O2/c1-2-29-31(32(40)34-22-24-5-9-27(10-6-24)38-17-19-41-20-18-38)39-12-11-28(21-30(39)35-29)37-15-13-36(14-16-37)23-25-3-7-26(33)8-4-25/h3-12,21H,2,13-20,22-23H2,1H3,(H,34,40). The van der Waals surface area contributed by atoms with Gasteiger partial charge in [0.2, 0.25) is 0 Å². The minimum atomic E-state index is -0.200. The Labute approximate surface area is 240 Å². The highest BCUT2D eigenvalue weighted by atomic mass is 19.1. The van der Waals surface area contributed by atoms with Crippen molar-refractivity contribution in [3.05, 3.63) is 95.2 Å². The average molecular weight is 557 g/mol. The summed E-state index contributed by atoms with van der Waals surface area (Å²) in [6.45, 7) is 10.3. The zero-order valence-electron chi connectivity index (χ0n) is 23.6. The molecule has 0 bridgehead atoms. The SMILES string of the molecule is CCc1nc2cc(N3CCN(Cc4ccc(F)cc4)CC3)ccn2c1C(=O)NCc1ccc(N2CCOCC2)cc1. The van der Waals surface area contributed by atoms with E-state index < -0.39 is 0 Å². The summed E-state index contributed by atoms with van der Waals surface area (Å²) in [6.07, 6.45) is 2.64. The van der Waals surface area contributed by atoms with E-state index in [-0.39, 0.29) is 11.7 Å². The molecule has 9 heteroatoms. The molecular formula is C32H37FN6O2. The number of ether oxygens (including phenoxy) is 1. The van der Waals surface area contributed by atoms with Crippen molar-refractivity contribution in [1.29, 1.82) is 0 Å². The number of rotatable bonds is 8. The summed E-state index contributed by atoms with van der Waals surface area (Å²) >= 11 is 0. The molecule has 2 aliphatic rings. The molecule has 4 heterocycles. The Balaban J connectivity index is 1.09. The van der Waals surface area contributed by atoms with Crippen LogP contribution in [-0.2, 0) is 24.2 Å². The number of halogens is 1. The number of nitrogens with one attached hydrogen (secondary N) is 1. The molecule has 2 aromatic heterocycles. The number of amides is 1. The van der Waals surface area contributed by atoms with E-state index in [0.717, 1.165) is 87.2 Å². The van der Waals surface area contributed by atoms with Gasteiger partial charge >= 0.3 is 0 Å². The molecule has 2 aromatic carbocycles. The third-order valence-corrected chi connectivity index (χ3v) is 8.05. The van der Waals surface area contributed by atoms with Gasteiger partial charge in [0.25, 0.3) is 5.91 Å². The van der Waals surface area contributed by atoms with Crippen molar-refractivity contribution in [1.82, 2.24) is 19.6 Å². The Morgan fingerprint density at radius 2 is 1.56 bits per heavy atom. The summed E-state index contributed by atoms with van der Waals surface area (Å²) in [6, 6.07) is 19.3. The van der Waals surface area contributed by atoms with E-state index >= 15 is 0 Å². The zero-order chi connectivity index (χ0) is 28.2. The Morgan fingerprint density at radius 3 is 2.27 bits per heavy atom. The molecule has 8 nitrogen and oxygen atoms in total. The number of morpholine rings is 1. The maximum atomic E-state index is 13.3. The number of carbonyl (C=O) groups is 1. The van der Waals surface area contributed by atoms with Crippen molar-refractivity contribution in [2.45, 2.75) is 26.4 Å². The lowest BCUT2D eigenvalue weighted by molar-refractivity contribution is 0.0944. The van der Waals surface area contributed by atoms with Crippen molar-refractivity contribution in [3.63, 3.8) is 0 Å². The van der Waals surface area contributed by atoms with Gasteiger partial charge in [-0.1, -0.05) is 31.2 Å². The van der Waals surface area contributed by atoms with Gasteiger partial charge in [0, 0.05) is 76.0 Å². The van der Waals surface area contributed by atoms with Crippen molar-refractivity contribution in [2.75, 3.05) is 62.3 Å². The van der Waals surface area contributed by atoms with E-state index in [0.29, 0.717) is 18.7 Å². The molecule has 6 rings (SSSR count). The Kier molecular flexibility index (Phi) is 8.16. The summed E-state index contributed by atoms with van der Waals surface area (Å²) in [5.74, 6) is -0.317. The number of fused-ring (bicyclic) bond motifs is 1. The Bertz CT molecular complexity index is 1470. The third-order valence-electron chi connectivity index (χ3n) is 8.05. The monoisotopic (exact) mass is 556 g/mol. The summed E-state index contributed by atoms with van der Waals surface area (Å²) < 4.78 is 20.6. The van der Waals surface area contributed by atoms with Gasteiger partial charge in [0.05, 0.1) is 18.9 Å². The van der Waals surface area contributed by atoms with Crippen LogP contribution in [0.1, 0.15) is 34.2 Å². The van der Waals surface area contributed by atoms with E-state index in [1.165, 1.54) is 17.8 Å². The van der Waals surface area contributed by atoms with E-state index in [1.54, 1.807) is 0 Å². The molecule has 0 spiro atoms. The predicted octanol–water partition coefficient (Wildman–Crippen LogP) is 4.12. The summed E-state index contributed by atoms with van der Waals surface area (Å²) in [4.78, 5) is 25.2. The first-order chi connectivity index (χ1) is 20.1. The first-order valence-corrected chi connectivity index (χ1v) is 14.5. The molecule has 2 aliphatic heterocycles. The number of aromatic nitrogens is 2. The molecule has 4 aromatic rings. The van der Waals surface area contributed by atoms with Crippen LogP contribution in [0.15, 0.2) is 66.9 Å². The topological polar surface area (TPSA) is 65.4 Å². The van der Waals surface area contributed by atoms with Crippen LogP contribution >= 0.6 is 0 Å². The number of pyridine rings is 1. The fraction of sp³-hybridized carbons (Fsp3) is 0.375. The van der Waals surface area contributed by atoms with Crippen LogP contribution in [0.25, 0.3) is 5.65 Å². The molecule has 1 N–H and O–H groups in total. The molecule has 0 unspecified atom stereocenters. The zero-order valence-corrected chi connectivity index (χ0v) is 23.6. The molecule has 0 radical (unpaired) electrons. The van der Waals surface area contributed by atoms with Crippen LogP contribution in [0.2, 0.25) is 0 Å². The maximum Gasteiger partial charge on any atom is 0.270 e. The Morgan fingerprint density at radius 1 is 0.878 bits per heavy atom. The number of nitrogens with zero attached hydrogens (tertiary/aromatic N) is 5. The summed E-state index contributed by atoms with van der Waals surface area (Å²) in [5, 5.41) is 3.10. The van der Waals surface area contributed by atoms with Crippen LogP contribution in [0.4, 0.5) is 15.8 Å². The van der Waals surface area contributed by atoms with Crippen LogP contribution in [0, 0.1) is 5.82 Å². The summed E-state index contributed by atoms with van der Waals surface area (Å²) in [7, 11) is 0. The fourth-order valence-electron chi connectivity index (χ4n) is 5.69. The highest BCUT2D eigenvalue weighted by Gasteiger charge is 2.21. The first kappa shape index (κ1) is 27.2. The molecule has 214 valence electrons. The highest BCUT2D eigenvalue weighted by molar-refractivity contribution is 5.94. The van der Waals surface area contributed by atoms with Gasteiger partial charge < -0.3 is 19.9 Å². The van der Waals surface area contributed by atoms with Gasteiger partial charge in [0.15, 0.2) is 0 Å². The minimum absolute atomic E-state index is 0.117. The number of benzene rings is 2. The van der Waals surface area contributed by atoms with Gasteiger partial charge in [0.1, 0.15) is 17.2 Å². The maximum absolute atomic E-state index is 13.3. The van der Waals surface area contributed by atoms with Crippen LogP contribution in [0.3, 0.4) is 0 Å². The van der Waals surface area contributed by atoms with E-state index in [4.69, 9.17) is 9.72 Å². The second kappa shape index (κ2) is 12.3. The lowest BCUT2D eigenvalue weighted by Gasteiger charge is -2.36. The van der Waals surface area contributed by atoms with Gasteiger partial charge in [-0.3, -0.25) is 14.1 Å². The second-order valence-electron chi connectivity index (χ2n) is 10.7. The van der Waals surface area contributed by atoms with Crippen molar-refractivity contribution in [3.8, 4) is 0 Å². The number of imidazole rings is 1. The van der Waals surface area contributed by atoms with Gasteiger partial charge in [-0.05, 0) is 47.9 Å². The molecule has 0 atom stereocenters. The summed E-state index contributed by atoms with van der Waals surface area (Å²) in [5.41, 5.74) is 6.66. The normalized spacial score (nSPS) is 16.3. The highest BCUT2D eigenvalue weighted by Crippen LogP contribution is 2.23. The molecule has 0 aliphatic carbocycles. The lowest BCUT2D eigenvalue weighted by atomic mass is 10.1. The van der Waals surface area contributed by atoms with E-state index in [9.17, 15) is 9.18 Å². The fourth-order valence-corrected chi connectivity index (χ4v) is 5.69. The lowest BCUT2D eigenvalue weighted by Crippen LogP contribution is -2.46. The smallest absolute Gasteiger partial charge is 0.270 e. The number of hydrogen-bond donors (Lipinski definition) is 1. The number of carbonyl (C=O) groups excluding carboxylic acids is 1. The van der Waals surface area contributed by atoms with Gasteiger partial charge in [-0.25, -0.2) is 9.37 Å². The van der Waals surface area contributed by atoms with Crippen LogP contribution in [0.5, 0.6) is 0 Å². The average Bonchev–Trinajstić information content (AvgIpc) is 3.40.